The highest BCUT2D eigenvalue weighted by atomic mass is 16.1. The van der Waals surface area contributed by atoms with Gasteiger partial charge in [-0.3, -0.25) is 4.79 Å². The number of rotatable bonds is 3. The molecule has 0 bridgehead atoms. The molecule has 98 valence electrons. The van der Waals surface area contributed by atoms with E-state index in [0.29, 0.717) is 22.9 Å². The van der Waals surface area contributed by atoms with Gasteiger partial charge in [-0.05, 0) is 43.9 Å². The number of benzene rings is 1. The highest BCUT2D eigenvalue weighted by molar-refractivity contribution is 5.99. The number of hydrogen-bond acceptors (Lipinski definition) is 3. The molecule has 1 aromatic carbocycles. The Labute approximate surface area is 108 Å². The van der Waals surface area contributed by atoms with Gasteiger partial charge in [-0.25, -0.2) is 0 Å². The van der Waals surface area contributed by atoms with Crippen molar-refractivity contribution in [1.29, 1.82) is 0 Å². The van der Waals surface area contributed by atoms with E-state index in [0.717, 1.165) is 0 Å². The molecule has 1 saturated carbocycles. The molecule has 1 aromatic rings. The number of amides is 1. The van der Waals surface area contributed by atoms with E-state index >= 15 is 0 Å². The highest BCUT2D eigenvalue weighted by Gasteiger charge is 2.23. The summed E-state index contributed by atoms with van der Waals surface area (Å²) in [5.41, 5.74) is 12.9. The topological polar surface area (TPSA) is 81.1 Å². The molecule has 1 atom stereocenters. The van der Waals surface area contributed by atoms with Crippen molar-refractivity contribution >= 4 is 17.3 Å². The molecule has 0 aromatic heterocycles. The van der Waals surface area contributed by atoms with Gasteiger partial charge in [-0.1, -0.05) is 12.8 Å². The van der Waals surface area contributed by atoms with E-state index in [-0.39, 0.29) is 11.9 Å². The Morgan fingerprint density at radius 1 is 1.33 bits per heavy atom. The largest absolute Gasteiger partial charge is 0.399 e. The first-order chi connectivity index (χ1) is 8.58. The van der Waals surface area contributed by atoms with Crippen molar-refractivity contribution in [2.45, 2.75) is 38.6 Å². The maximum absolute atomic E-state index is 12.1. The van der Waals surface area contributed by atoms with Crippen LogP contribution in [0.25, 0.3) is 0 Å². The summed E-state index contributed by atoms with van der Waals surface area (Å²) in [5.74, 6) is 0.496. The fraction of sp³-hybridized carbons (Fsp3) is 0.500. The van der Waals surface area contributed by atoms with Crippen molar-refractivity contribution in [2.24, 2.45) is 5.92 Å². The van der Waals surface area contributed by atoms with Gasteiger partial charge in [-0.15, -0.1) is 0 Å². The average molecular weight is 247 g/mol. The zero-order valence-electron chi connectivity index (χ0n) is 10.8. The van der Waals surface area contributed by atoms with Gasteiger partial charge in [0.05, 0.1) is 5.56 Å². The first-order valence-electron chi connectivity index (χ1n) is 6.54. The molecule has 4 nitrogen and oxygen atoms in total. The fourth-order valence-electron chi connectivity index (χ4n) is 2.65. The molecule has 0 spiro atoms. The van der Waals surface area contributed by atoms with Gasteiger partial charge < -0.3 is 16.8 Å². The molecule has 1 aliphatic rings. The van der Waals surface area contributed by atoms with Crippen molar-refractivity contribution < 1.29 is 4.79 Å². The lowest BCUT2D eigenvalue weighted by molar-refractivity contribution is 0.0928. The van der Waals surface area contributed by atoms with Crippen LogP contribution in [0.2, 0.25) is 0 Å². The third-order valence-corrected chi connectivity index (χ3v) is 3.79. The van der Waals surface area contributed by atoms with Crippen LogP contribution in [0.5, 0.6) is 0 Å². The maximum Gasteiger partial charge on any atom is 0.253 e. The molecule has 0 saturated heterocycles. The van der Waals surface area contributed by atoms with Gasteiger partial charge in [0.2, 0.25) is 0 Å². The number of carbonyl (C=O) groups excluding carboxylic acids is 1. The minimum Gasteiger partial charge on any atom is -0.399 e. The fourth-order valence-corrected chi connectivity index (χ4v) is 2.65. The minimum absolute atomic E-state index is 0.105. The van der Waals surface area contributed by atoms with Crippen molar-refractivity contribution in [2.75, 3.05) is 11.5 Å². The standard InChI is InChI=1S/C14H21N3O/c1-9(10-4-2-3-5-10)17-14(18)12-7-6-11(15)8-13(12)16/h6-10H,2-5,15-16H2,1H3,(H,17,18). The van der Waals surface area contributed by atoms with Crippen LogP contribution >= 0.6 is 0 Å². The number of hydrogen-bond donors (Lipinski definition) is 3. The molecular formula is C14H21N3O. The summed E-state index contributed by atoms with van der Waals surface area (Å²) in [5, 5.41) is 3.04. The van der Waals surface area contributed by atoms with Gasteiger partial charge in [-0.2, -0.15) is 0 Å². The van der Waals surface area contributed by atoms with E-state index in [1.165, 1.54) is 25.7 Å². The second-order valence-electron chi connectivity index (χ2n) is 5.15. The Bertz CT molecular complexity index is 439. The van der Waals surface area contributed by atoms with E-state index in [2.05, 4.69) is 12.2 Å². The van der Waals surface area contributed by atoms with Crippen molar-refractivity contribution in [1.82, 2.24) is 5.32 Å². The lowest BCUT2D eigenvalue weighted by Gasteiger charge is -2.20. The summed E-state index contributed by atoms with van der Waals surface area (Å²) in [6.07, 6.45) is 4.96. The van der Waals surface area contributed by atoms with Crippen LogP contribution in [0.15, 0.2) is 18.2 Å². The van der Waals surface area contributed by atoms with Crippen LogP contribution in [-0.4, -0.2) is 11.9 Å². The number of carbonyl (C=O) groups is 1. The summed E-state index contributed by atoms with van der Waals surface area (Å²) >= 11 is 0. The van der Waals surface area contributed by atoms with E-state index in [9.17, 15) is 4.79 Å². The van der Waals surface area contributed by atoms with E-state index in [1.54, 1.807) is 18.2 Å². The SMILES string of the molecule is CC(NC(=O)c1ccc(N)cc1N)C1CCCC1. The van der Waals surface area contributed by atoms with Gasteiger partial charge in [0.1, 0.15) is 0 Å². The van der Waals surface area contributed by atoms with Crippen molar-refractivity contribution in [3.63, 3.8) is 0 Å². The average Bonchev–Trinajstić information content (AvgIpc) is 2.81. The Morgan fingerprint density at radius 2 is 2.00 bits per heavy atom. The molecule has 0 heterocycles. The number of anilines is 2. The third-order valence-electron chi connectivity index (χ3n) is 3.79. The Balaban J connectivity index is 2.02. The van der Waals surface area contributed by atoms with Gasteiger partial charge in [0.15, 0.2) is 0 Å². The summed E-state index contributed by atoms with van der Waals surface area (Å²) in [4.78, 5) is 12.1. The minimum atomic E-state index is -0.105. The number of nitrogen functional groups attached to an aromatic ring is 2. The monoisotopic (exact) mass is 247 g/mol. The Morgan fingerprint density at radius 3 is 2.61 bits per heavy atom. The summed E-state index contributed by atoms with van der Waals surface area (Å²) in [7, 11) is 0. The smallest absolute Gasteiger partial charge is 0.253 e. The highest BCUT2D eigenvalue weighted by Crippen LogP contribution is 2.27. The molecule has 1 amide bonds. The lowest BCUT2D eigenvalue weighted by Crippen LogP contribution is -2.37. The zero-order chi connectivity index (χ0) is 13.1. The summed E-state index contributed by atoms with van der Waals surface area (Å²) < 4.78 is 0. The number of nitrogens with one attached hydrogen (secondary N) is 1. The first-order valence-corrected chi connectivity index (χ1v) is 6.54. The first kappa shape index (κ1) is 12.7. The lowest BCUT2D eigenvalue weighted by atomic mass is 9.99. The molecule has 1 unspecified atom stereocenters. The molecule has 5 N–H and O–H groups in total. The van der Waals surface area contributed by atoms with Crippen LogP contribution in [0.4, 0.5) is 11.4 Å². The van der Waals surface area contributed by atoms with Gasteiger partial charge >= 0.3 is 0 Å². The summed E-state index contributed by atoms with van der Waals surface area (Å²) in [6, 6.07) is 5.21. The molecular weight excluding hydrogens is 226 g/mol. The van der Waals surface area contributed by atoms with Crippen LogP contribution in [0, 0.1) is 5.92 Å². The van der Waals surface area contributed by atoms with Crippen LogP contribution < -0.4 is 16.8 Å². The molecule has 1 aliphatic carbocycles. The van der Waals surface area contributed by atoms with Crippen LogP contribution in [0.3, 0.4) is 0 Å². The van der Waals surface area contributed by atoms with Crippen LogP contribution in [0.1, 0.15) is 43.0 Å². The summed E-state index contributed by atoms with van der Waals surface area (Å²) in [6.45, 7) is 2.07. The molecule has 4 heteroatoms. The van der Waals surface area contributed by atoms with Gasteiger partial charge in [0.25, 0.3) is 5.91 Å². The second-order valence-corrected chi connectivity index (χ2v) is 5.15. The van der Waals surface area contributed by atoms with E-state index < -0.39 is 0 Å². The van der Waals surface area contributed by atoms with Gasteiger partial charge in [0, 0.05) is 17.4 Å². The van der Waals surface area contributed by atoms with Crippen molar-refractivity contribution in [3.8, 4) is 0 Å². The number of nitrogens with two attached hydrogens (primary N) is 2. The van der Waals surface area contributed by atoms with E-state index in [4.69, 9.17) is 11.5 Å². The third kappa shape index (κ3) is 2.75. The van der Waals surface area contributed by atoms with Crippen LogP contribution in [-0.2, 0) is 0 Å². The predicted octanol–water partition coefficient (Wildman–Crippen LogP) is 2.16. The molecule has 0 aliphatic heterocycles. The quantitative estimate of drug-likeness (QED) is 0.716. The van der Waals surface area contributed by atoms with Crippen molar-refractivity contribution in [3.05, 3.63) is 23.8 Å². The maximum atomic E-state index is 12.1. The Kier molecular flexibility index (Phi) is 3.75. The molecule has 2 rings (SSSR count). The molecule has 0 radical (unpaired) electrons. The molecule has 1 fully saturated rings. The second kappa shape index (κ2) is 5.29. The van der Waals surface area contributed by atoms with E-state index in [1.807, 2.05) is 0 Å². The normalized spacial score (nSPS) is 17.6. The zero-order valence-corrected chi connectivity index (χ0v) is 10.8. The predicted molar refractivity (Wildman–Crippen MR) is 74.2 cm³/mol. The Hall–Kier alpha value is -1.71. The molecule has 18 heavy (non-hydrogen) atoms.